The lowest BCUT2D eigenvalue weighted by Gasteiger charge is -2.29. The first-order valence-electron chi connectivity index (χ1n) is 6.18. The van der Waals surface area contributed by atoms with Crippen LogP contribution in [0, 0.1) is 0 Å². The molecule has 0 saturated carbocycles. The van der Waals surface area contributed by atoms with Gasteiger partial charge in [0, 0.05) is 18.1 Å². The molecule has 0 aliphatic heterocycles. The Morgan fingerprint density at radius 2 is 1.95 bits per heavy atom. The summed E-state index contributed by atoms with van der Waals surface area (Å²) in [5.74, 6) is -0.0419. The van der Waals surface area contributed by atoms with Crippen molar-refractivity contribution in [3.8, 4) is 0 Å². The number of carbonyl (C=O) groups is 1. The lowest BCUT2D eigenvalue weighted by molar-refractivity contribution is 0.0913. The van der Waals surface area contributed by atoms with Crippen LogP contribution in [0.25, 0.3) is 0 Å². The standard InChI is InChI=1S/C15H15ClN2O2/c1-15(10-16,12-5-3-2-4-6-12)18-14(20)11-7-8-13(19)17-9-11/h2-9H,10H2,1H3,(H,17,19)(H,18,20). The Balaban J connectivity index is 2.24. The van der Waals surface area contributed by atoms with E-state index in [1.807, 2.05) is 37.3 Å². The topological polar surface area (TPSA) is 62.0 Å². The summed E-state index contributed by atoms with van der Waals surface area (Å²) in [6, 6.07) is 12.3. The van der Waals surface area contributed by atoms with Crippen molar-refractivity contribution in [1.29, 1.82) is 0 Å². The van der Waals surface area contributed by atoms with E-state index in [9.17, 15) is 9.59 Å². The first kappa shape index (κ1) is 14.3. The number of benzene rings is 1. The maximum absolute atomic E-state index is 12.2. The number of pyridine rings is 1. The highest BCUT2D eigenvalue weighted by Crippen LogP contribution is 2.22. The van der Waals surface area contributed by atoms with Gasteiger partial charge in [-0.25, -0.2) is 0 Å². The lowest BCUT2D eigenvalue weighted by Crippen LogP contribution is -2.45. The van der Waals surface area contributed by atoms with E-state index < -0.39 is 5.54 Å². The summed E-state index contributed by atoms with van der Waals surface area (Å²) in [5, 5.41) is 2.90. The van der Waals surface area contributed by atoms with E-state index in [0.717, 1.165) is 5.56 Å². The van der Waals surface area contributed by atoms with Gasteiger partial charge in [-0.3, -0.25) is 9.59 Å². The summed E-state index contributed by atoms with van der Waals surface area (Å²) in [6.07, 6.45) is 1.39. The van der Waals surface area contributed by atoms with Gasteiger partial charge < -0.3 is 10.3 Å². The van der Waals surface area contributed by atoms with Crippen molar-refractivity contribution in [3.05, 3.63) is 70.1 Å². The molecule has 20 heavy (non-hydrogen) atoms. The number of H-pyrrole nitrogens is 1. The molecule has 0 aliphatic rings. The second-order valence-corrected chi connectivity index (χ2v) is 4.99. The van der Waals surface area contributed by atoms with Gasteiger partial charge in [0.25, 0.3) is 5.91 Å². The van der Waals surface area contributed by atoms with Crippen LogP contribution < -0.4 is 10.9 Å². The van der Waals surface area contributed by atoms with Gasteiger partial charge in [0.1, 0.15) is 0 Å². The van der Waals surface area contributed by atoms with Gasteiger partial charge in [-0.2, -0.15) is 0 Å². The molecule has 0 spiro atoms. The molecule has 1 aromatic carbocycles. The van der Waals surface area contributed by atoms with Gasteiger partial charge in [-0.15, -0.1) is 11.6 Å². The number of aromatic nitrogens is 1. The summed E-state index contributed by atoms with van der Waals surface area (Å²) < 4.78 is 0. The summed E-state index contributed by atoms with van der Waals surface area (Å²) >= 11 is 6.03. The Bertz CT molecular complexity index is 634. The smallest absolute Gasteiger partial charge is 0.253 e. The molecule has 1 unspecified atom stereocenters. The largest absolute Gasteiger partial charge is 0.342 e. The van der Waals surface area contributed by atoms with Crippen molar-refractivity contribution in [2.75, 3.05) is 5.88 Å². The minimum Gasteiger partial charge on any atom is -0.342 e. The first-order valence-corrected chi connectivity index (χ1v) is 6.71. The molecule has 4 nitrogen and oxygen atoms in total. The molecule has 0 bridgehead atoms. The molecule has 5 heteroatoms. The van der Waals surface area contributed by atoms with Gasteiger partial charge in [-0.1, -0.05) is 30.3 Å². The average molecular weight is 291 g/mol. The fourth-order valence-corrected chi connectivity index (χ4v) is 2.08. The molecular weight excluding hydrogens is 276 g/mol. The van der Waals surface area contributed by atoms with Crippen LogP contribution in [-0.2, 0) is 5.54 Å². The van der Waals surface area contributed by atoms with Crippen LogP contribution >= 0.6 is 11.6 Å². The van der Waals surface area contributed by atoms with Gasteiger partial charge in [-0.05, 0) is 18.6 Å². The molecule has 0 aliphatic carbocycles. The second-order valence-electron chi connectivity index (χ2n) is 4.73. The average Bonchev–Trinajstić information content (AvgIpc) is 2.48. The number of hydrogen-bond acceptors (Lipinski definition) is 2. The van der Waals surface area contributed by atoms with Crippen LogP contribution in [0.2, 0.25) is 0 Å². The number of carbonyl (C=O) groups excluding carboxylic acids is 1. The first-order chi connectivity index (χ1) is 9.55. The zero-order valence-electron chi connectivity index (χ0n) is 11.0. The van der Waals surface area contributed by atoms with E-state index >= 15 is 0 Å². The Morgan fingerprint density at radius 3 is 2.50 bits per heavy atom. The normalized spacial score (nSPS) is 13.5. The zero-order valence-corrected chi connectivity index (χ0v) is 11.8. The summed E-state index contributed by atoms with van der Waals surface area (Å²) in [6.45, 7) is 1.86. The minimum absolute atomic E-state index is 0.242. The molecule has 1 atom stereocenters. The third-order valence-corrected chi connectivity index (χ3v) is 3.65. The monoisotopic (exact) mass is 290 g/mol. The molecule has 1 heterocycles. The molecule has 2 N–H and O–H groups in total. The molecule has 2 aromatic rings. The molecule has 0 radical (unpaired) electrons. The fraction of sp³-hybridized carbons (Fsp3) is 0.200. The summed E-state index contributed by atoms with van der Waals surface area (Å²) in [7, 11) is 0. The maximum Gasteiger partial charge on any atom is 0.253 e. The Morgan fingerprint density at radius 1 is 1.25 bits per heavy atom. The van der Waals surface area contributed by atoms with Crippen molar-refractivity contribution in [2.45, 2.75) is 12.5 Å². The minimum atomic E-state index is -0.671. The van der Waals surface area contributed by atoms with E-state index in [1.165, 1.54) is 18.3 Å². The van der Waals surface area contributed by atoms with Crippen molar-refractivity contribution >= 4 is 17.5 Å². The molecule has 2 rings (SSSR count). The van der Waals surface area contributed by atoms with Crippen molar-refractivity contribution in [1.82, 2.24) is 10.3 Å². The van der Waals surface area contributed by atoms with E-state index in [0.29, 0.717) is 5.56 Å². The molecule has 0 saturated heterocycles. The fourth-order valence-electron chi connectivity index (χ4n) is 1.86. The van der Waals surface area contributed by atoms with E-state index in [-0.39, 0.29) is 17.3 Å². The predicted octanol–water partition coefficient (Wildman–Crippen LogP) is 2.26. The third kappa shape index (κ3) is 3.08. The van der Waals surface area contributed by atoms with Crippen LogP contribution in [0.1, 0.15) is 22.8 Å². The number of amides is 1. The quantitative estimate of drug-likeness (QED) is 0.849. The van der Waals surface area contributed by atoms with Gasteiger partial charge in [0.15, 0.2) is 0 Å². The number of hydrogen-bond donors (Lipinski definition) is 2. The Hall–Kier alpha value is -2.07. The molecule has 104 valence electrons. The van der Waals surface area contributed by atoms with Crippen LogP contribution in [0.3, 0.4) is 0 Å². The Kier molecular flexibility index (Phi) is 4.25. The lowest BCUT2D eigenvalue weighted by atomic mass is 9.93. The van der Waals surface area contributed by atoms with Gasteiger partial charge >= 0.3 is 0 Å². The summed E-state index contributed by atoms with van der Waals surface area (Å²) in [5.41, 5.74) is 0.394. The molecular formula is C15H15ClN2O2. The SMILES string of the molecule is CC(CCl)(NC(=O)c1ccc(=O)[nH]c1)c1ccccc1. The van der Waals surface area contributed by atoms with Gasteiger partial charge in [0.05, 0.1) is 11.1 Å². The predicted molar refractivity (Wildman–Crippen MR) is 79.0 cm³/mol. The highest BCUT2D eigenvalue weighted by Gasteiger charge is 2.27. The number of halogens is 1. The van der Waals surface area contributed by atoms with Crippen molar-refractivity contribution < 1.29 is 4.79 Å². The Labute approximate surface area is 121 Å². The van der Waals surface area contributed by atoms with Crippen LogP contribution in [-0.4, -0.2) is 16.8 Å². The highest BCUT2D eigenvalue weighted by atomic mass is 35.5. The molecule has 1 aromatic heterocycles. The van der Waals surface area contributed by atoms with E-state index in [1.54, 1.807) is 0 Å². The van der Waals surface area contributed by atoms with Gasteiger partial charge in [0.2, 0.25) is 5.56 Å². The molecule has 1 amide bonds. The van der Waals surface area contributed by atoms with Crippen molar-refractivity contribution in [3.63, 3.8) is 0 Å². The van der Waals surface area contributed by atoms with E-state index in [2.05, 4.69) is 10.3 Å². The number of aromatic amines is 1. The number of rotatable bonds is 4. The highest BCUT2D eigenvalue weighted by molar-refractivity contribution is 6.19. The zero-order chi connectivity index (χ0) is 14.6. The van der Waals surface area contributed by atoms with Crippen LogP contribution in [0.5, 0.6) is 0 Å². The molecule has 0 fully saturated rings. The van der Waals surface area contributed by atoms with Crippen LogP contribution in [0.4, 0.5) is 0 Å². The third-order valence-electron chi connectivity index (χ3n) is 3.11. The maximum atomic E-state index is 12.2. The van der Waals surface area contributed by atoms with E-state index in [4.69, 9.17) is 11.6 Å². The van der Waals surface area contributed by atoms with Crippen LogP contribution in [0.15, 0.2) is 53.5 Å². The number of alkyl halides is 1. The van der Waals surface area contributed by atoms with Crippen molar-refractivity contribution in [2.24, 2.45) is 0 Å². The summed E-state index contributed by atoms with van der Waals surface area (Å²) in [4.78, 5) is 25.7. The second kappa shape index (κ2) is 5.92. The number of nitrogens with one attached hydrogen (secondary N) is 2.